The van der Waals surface area contributed by atoms with Gasteiger partial charge in [0.2, 0.25) is 0 Å². The van der Waals surface area contributed by atoms with E-state index in [-0.39, 0.29) is 0 Å². The molecule has 0 atom stereocenters. The molecule has 0 amide bonds. The van der Waals surface area contributed by atoms with E-state index in [2.05, 4.69) is 15.6 Å². The van der Waals surface area contributed by atoms with Gasteiger partial charge in [-0.1, -0.05) is 6.07 Å². The van der Waals surface area contributed by atoms with Crippen molar-refractivity contribution in [3.05, 3.63) is 23.8 Å². The zero-order valence-corrected chi connectivity index (χ0v) is 11.3. The van der Waals surface area contributed by atoms with Crippen LogP contribution >= 0.6 is 0 Å². The fraction of sp³-hybridized carbons (Fsp3) is 0.417. The van der Waals surface area contributed by atoms with Crippen LogP contribution in [0.15, 0.2) is 28.1 Å². The fourth-order valence-corrected chi connectivity index (χ4v) is 2.70. The van der Waals surface area contributed by atoms with Crippen LogP contribution in [0.5, 0.6) is 0 Å². The van der Waals surface area contributed by atoms with Crippen molar-refractivity contribution >= 4 is 21.4 Å². The first-order valence-corrected chi connectivity index (χ1v) is 7.68. The summed E-state index contributed by atoms with van der Waals surface area (Å²) in [4.78, 5) is 4.58. The van der Waals surface area contributed by atoms with Crippen molar-refractivity contribution in [2.24, 2.45) is 4.99 Å². The van der Waals surface area contributed by atoms with E-state index in [0.717, 1.165) is 24.5 Å². The Bertz CT molecular complexity index is 579. The lowest BCUT2D eigenvalue weighted by Crippen LogP contribution is -2.26. The largest absolute Gasteiger partial charge is 0.377 e. The first-order chi connectivity index (χ1) is 8.47. The summed E-state index contributed by atoms with van der Waals surface area (Å²) in [5.41, 5.74) is 1.65. The predicted molar refractivity (Wildman–Crippen MR) is 73.1 cm³/mol. The summed E-state index contributed by atoms with van der Waals surface area (Å²) >= 11 is 0. The van der Waals surface area contributed by atoms with E-state index in [1.54, 1.807) is 12.1 Å². The highest BCUT2D eigenvalue weighted by molar-refractivity contribution is 7.90. The van der Waals surface area contributed by atoms with Gasteiger partial charge in [-0.25, -0.2) is 8.42 Å². The van der Waals surface area contributed by atoms with E-state index in [1.807, 2.05) is 13.0 Å². The predicted octanol–water partition coefficient (Wildman–Crippen LogP) is 0.812. The van der Waals surface area contributed by atoms with Gasteiger partial charge in [0.15, 0.2) is 9.84 Å². The molecular weight excluding hydrogens is 250 g/mol. The van der Waals surface area contributed by atoms with Gasteiger partial charge < -0.3 is 10.6 Å². The van der Waals surface area contributed by atoms with Gasteiger partial charge in [0.1, 0.15) is 5.84 Å². The van der Waals surface area contributed by atoms with Crippen molar-refractivity contribution in [3.8, 4) is 0 Å². The second-order valence-corrected chi connectivity index (χ2v) is 6.36. The number of sulfone groups is 1. The van der Waals surface area contributed by atoms with Gasteiger partial charge in [0, 0.05) is 12.8 Å². The Kier molecular flexibility index (Phi) is 3.56. The normalized spacial score (nSPS) is 15.1. The fourth-order valence-electron chi connectivity index (χ4n) is 1.85. The number of aliphatic imine (C=N–C) groups is 1. The molecule has 1 aromatic rings. The molecule has 0 spiro atoms. The monoisotopic (exact) mass is 267 g/mol. The minimum absolute atomic E-state index is 0.326. The molecule has 1 aromatic carbocycles. The van der Waals surface area contributed by atoms with Crippen LogP contribution in [-0.4, -0.2) is 40.1 Å². The van der Waals surface area contributed by atoms with Gasteiger partial charge in [-0.05, 0) is 24.6 Å². The zero-order chi connectivity index (χ0) is 13.2. The molecule has 0 radical (unpaired) electrons. The van der Waals surface area contributed by atoms with E-state index in [9.17, 15) is 8.42 Å². The lowest BCUT2D eigenvalue weighted by Gasteiger charge is -2.12. The van der Waals surface area contributed by atoms with Crippen molar-refractivity contribution in [1.29, 1.82) is 0 Å². The molecule has 0 aromatic heterocycles. The number of rotatable bonds is 4. The third kappa shape index (κ3) is 3.01. The van der Waals surface area contributed by atoms with Crippen LogP contribution in [-0.2, 0) is 9.84 Å². The van der Waals surface area contributed by atoms with Crippen LogP contribution in [0, 0.1) is 6.92 Å². The van der Waals surface area contributed by atoms with Crippen LogP contribution in [0.1, 0.15) is 5.56 Å². The number of nitrogens with zero attached hydrogens (tertiary/aromatic N) is 1. The first kappa shape index (κ1) is 12.9. The molecule has 0 saturated carbocycles. The molecule has 5 nitrogen and oxygen atoms in total. The highest BCUT2D eigenvalue weighted by Crippen LogP contribution is 2.22. The van der Waals surface area contributed by atoms with Gasteiger partial charge >= 0.3 is 0 Å². The summed E-state index contributed by atoms with van der Waals surface area (Å²) in [6.45, 7) is 4.09. The first-order valence-electron chi connectivity index (χ1n) is 5.78. The highest BCUT2D eigenvalue weighted by atomic mass is 32.2. The van der Waals surface area contributed by atoms with Gasteiger partial charge in [0.05, 0.1) is 23.7 Å². The Morgan fingerprint density at radius 2 is 2.22 bits per heavy atom. The molecule has 2 rings (SSSR count). The Hall–Kier alpha value is -1.56. The van der Waals surface area contributed by atoms with Crippen LogP contribution in [0.4, 0.5) is 5.69 Å². The smallest absolute Gasteiger partial charge is 0.177 e. The third-order valence-electron chi connectivity index (χ3n) is 2.72. The van der Waals surface area contributed by atoms with Crippen molar-refractivity contribution in [2.45, 2.75) is 11.8 Å². The molecule has 1 heterocycles. The second kappa shape index (κ2) is 4.97. The lowest BCUT2D eigenvalue weighted by atomic mass is 10.2. The maximum atomic E-state index is 11.7. The number of anilines is 1. The summed E-state index contributed by atoms with van der Waals surface area (Å²) in [6.07, 6.45) is 1.22. The molecule has 0 unspecified atom stereocenters. The molecule has 98 valence electrons. The number of aryl methyl sites for hydroxylation is 1. The van der Waals surface area contributed by atoms with E-state index in [0.29, 0.717) is 17.1 Å². The van der Waals surface area contributed by atoms with Gasteiger partial charge in [-0.15, -0.1) is 0 Å². The lowest BCUT2D eigenvalue weighted by molar-refractivity contribution is 0.602. The maximum Gasteiger partial charge on any atom is 0.177 e. The molecular formula is C12H17N3O2S. The Balaban J connectivity index is 2.22. The number of hydrogen-bond acceptors (Lipinski definition) is 5. The van der Waals surface area contributed by atoms with Gasteiger partial charge in [0.25, 0.3) is 0 Å². The molecule has 18 heavy (non-hydrogen) atoms. The third-order valence-corrected chi connectivity index (χ3v) is 3.88. The maximum absolute atomic E-state index is 11.7. The van der Waals surface area contributed by atoms with Crippen LogP contribution in [0.2, 0.25) is 0 Å². The van der Waals surface area contributed by atoms with Crippen molar-refractivity contribution in [1.82, 2.24) is 5.32 Å². The highest BCUT2D eigenvalue weighted by Gasteiger charge is 2.14. The average molecular weight is 267 g/mol. The van der Waals surface area contributed by atoms with E-state index >= 15 is 0 Å². The van der Waals surface area contributed by atoms with Gasteiger partial charge in [-0.2, -0.15) is 0 Å². The Morgan fingerprint density at radius 1 is 1.44 bits per heavy atom. The Labute approximate surface area is 107 Å². The standard InChI is InChI=1S/C12H17N3O2S/c1-9-3-4-11(18(2,16)17)10(7-9)15-8-12-13-5-6-14-12/h3-4,7,15H,5-6,8H2,1-2H3,(H,13,14). The van der Waals surface area contributed by atoms with E-state index in [1.165, 1.54) is 6.26 Å². The Morgan fingerprint density at radius 3 is 2.83 bits per heavy atom. The molecule has 1 aliphatic rings. The van der Waals surface area contributed by atoms with Crippen molar-refractivity contribution in [3.63, 3.8) is 0 Å². The van der Waals surface area contributed by atoms with Crippen molar-refractivity contribution < 1.29 is 8.42 Å². The molecule has 0 fully saturated rings. The van der Waals surface area contributed by atoms with Crippen LogP contribution in [0.3, 0.4) is 0 Å². The summed E-state index contributed by atoms with van der Waals surface area (Å²) in [7, 11) is -3.22. The number of benzene rings is 1. The summed E-state index contributed by atoms with van der Waals surface area (Å²) in [6, 6.07) is 5.27. The molecule has 0 aliphatic carbocycles. The summed E-state index contributed by atoms with van der Waals surface area (Å²) < 4.78 is 23.4. The quantitative estimate of drug-likeness (QED) is 0.847. The van der Waals surface area contributed by atoms with E-state index < -0.39 is 9.84 Å². The summed E-state index contributed by atoms with van der Waals surface area (Å²) in [5, 5.41) is 6.27. The minimum Gasteiger partial charge on any atom is -0.377 e. The minimum atomic E-state index is -3.22. The number of nitrogens with one attached hydrogen (secondary N) is 2. The zero-order valence-electron chi connectivity index (χ0n) is 10.5. The molecule has 0 saturated heterocycles. The molecule has 2 N–H and O–H groups in total. The second-order valence-electron chi connectivity index (χ2n) is 4.38. The van der Waals surface area contributed by atoms with Gasteiger partial charge in [-0.3, -0.25) is 4.99 Å². The number of hydrogen-bond donors (Lipinski definition) is 2. The topological polar surface area (TPSA) is 70.6 Å². The summed E-state index contributed by atoms with van der Waals surface area (Å²) in [5.74, 6) is 0.871. The molecule has 6 heteroatoms. The van der Waals surface area contributed by atoms with Crippen molar-refractivity contribution in [2.75, 3.05) is 31.2 Å². The molecule has 0 bridgehead atoms. The van der Waals surface area contributed by atoms with Crippen LogP contribution in [0.25, 0.3) is 0 Å². The number of amidine groups is 1. The van der Waals surface area contributed by atoms with E-state index in [4.69, 9.17) is 0 Å². The average Bonchev–Trinajstić information content (AvgIpc) is 2.77. The molecule has 1 aliphatic heterocycles. The van der Waals surface area contributed by atoms with Crippen LogP contribution < -0.4 is 10.6 Å². The SMILES string of the molecule is Cc1ccc(S(C)(=O)=O)c(NCC2=NCCN2)c1.